The Morgan fingerprint density at radius 1 is 0.377 bits per heavy atom. The van der Waals surface area contributed by atoms with Gasteiger partial charge in [0.1, 0.15) is 39.6 Å². The minimum atomic E-state index is -0.614. The van der Waals surface area contributed by atoms with Gasteiger partial charge in [-0.1, -0.05) is 71.1 Å². The maximum absolute atomic E-state index is 13.2. The Bertz CT molecular complexity index is 1340. The molecule has 5 amide bonds. The predicted octanol–water partition coefficient (Wildman–Crippen LogP) is 6.12. The molecule has 0 aromatic heterocycles. The maximum atomic E-state index is 13.2. The number of rotatable bonds is 35. The van der Waals surface area contributed by atoms with Gasteiger partial charge in [-0.2, -0.15) is 0 Å². The molecule has 61 heavy (non-hydrogen) atoms. The molecule has 3 N–H and O–H groups in total. The lowest BCUT2D eigenvalue weighted by molar-refractivity contribution is -0.145. The minimum absolute atomic E-state index is 0.0540. The second-order valence-corrected chi connectivity index (χ2v) is 14.3. The third kappa shape index (κ3) is 33.0. The molecule has 18 heteroatoms. The molecule has 0 aliphatic heterocycles. The third-order valence-corrected chi connectivity index (χ3v) is 8.55. The van der Waals surface area contributed by atoms with Crippen molar-refractivity contribution in [1.82, 2.24) is 20.9 Å². The molecule has 0 radical (unpaired) electrons. The van der Waals surface area contributed by atoms with Crippen LogP contribution in [0.1, 0.15) is 124 Å². The first kappa shape index (κ1) is 55.6. The molecule has 18 nitrogen and oxygen atoms in total. The normalized spacial score (nSPS) is 10.3. The summed E-state index contributed by atoms with van der Waals surface area (Å²) in [5.41, 5.74) is 0.785. The van der Waals surface area contributed by atoms with Gasteiger partial charge in [0, 0.05) is 55.7 Å². The molecule has 0 fully saturated rings. The monoisotopic (exact) mass is 866 g/mol. The summed E-state index contributed by atoms with van der Waals surface area (Å²) in [5, 5.41) is 7.93. The van der Waals surface area contributed by atoms with Crippen LogP contribution in [0, 0.1) is 0 Å². The average Bonchev–Trinajstić information content (AvgIpc) is 3.21. The number of alkyl carbamates (subject to hydrolysis) is 3. The summed E-state index contributed by atoms with van der Waals surface area (Å²) in [6.07, 6.45) is 9.16. The van der Waals surface area contributed by atoms with Gasteiger partial charge in [0.25, 0.3) is 0 Å². The number of nitrogens with one attached hydrogen (secondary N) is 3. The molecule has 0 unspecified atom stereocenters. The fourth-order valence-electron chi connectivity index (χ4n) is 5.17. The van der Waals surface area contributed by atoms with Crippen LogP contribution in [-0.2, 0) is 52.4 Å². The van der Waals surface area contributed by atoms with Crippen LogP contribution in [0.25, 0.3) is 0 Å². The number of ether oxygens (including phenoxy) is 6. The first-order chi connectivity index (χ1) is 29.1. The zero-order valence-electron chi connectivity index (χ0n) is 36.7. The number of carbonyl (C=O) groups is 8. The Labute approximate surface area is 360 Å². The highest BCUT2D eigenvalue weighted by Crippen LogP contribution is 2.13. The van der Waals surface area contributed by atoms with E-state index in [9.17, 15) is 38.4 Å². The summed E-state index contributed by atoms with van der Waals surface area (Å²) < 4.78 is 29.5. The summed E-state index contributed by atoms with van der Waals surface area (Å²) in [4.78, 5) is 97.3. The zero-order chi connectivity index (χ0) is 45.7. The topological polar surface area (TPSA) is 231 Å². The van der Waals surface area contributed by atoms with Crippen LogP contribution in [0.15, 0.2) is 36.5 Å². The largest absolute Gasteiger partial charge is 0.459 e. The van der Waals surface area contributed by atoms with E-state index in [2.05, 4.69) is 35.7 Å². The molecule has 0 atom stereocenters. The lowest BCUT2D eigenvalue weighted by Gasteiger charge is -2.21. The van der Waals surface area contributed by atoms with Gasteiger partial charge in [-0.3, -0.25) is 14.5 Å². The second kappa shape index (κ2) is 36.4. The molecular formula is C43H70N4O14. The molecule has 0 heterocycles. The van der Waals surface area contributed by atoms with Crippen LogP contribution in [0.3, 0.4) is 0 Å². The first-order valence-corrected chi connectivity index (χ1v) is 21.2. The van der Waals surface area contributed by atoms with Crippen LogP contribution in [0.2, 0.25) is 0 Å². The van der Waals surface area contributed by atoms with Crippen LogP contribution in [0.4, 0.5) is 14.4 Å². The van der Waals surface area contributed by atoms with Crippen molar-refractivity contribution < 1.29 is 66.8 Å². The Balaban J connectivity index is 4.53. The van der Waals surface area contributed by atoms with Gasteiger partial charge >= 0.3 is 36.2 Å². The van der Waals surface area contributed by atoms with Crippen molar-refractivity contribution in [3.05, 3.63) is 36.5 Å². The Morgan fingerprint density at radius 3 is 0.951 bits per heavy atom. The number of nitrogens with zero attached hydrogens (tertiary/aromatic N) is 1. The standard InChI is InChI=1S/C43H70N4O14/c1-33(2)38(50)56-27-30-59-41(53)44-23-17-11-7-9-15-21-36(48)47(26-20-14-13-19-25-46-43(55)61-32-29-58-40(52)35(5)6)37(49)22-16-10-8-12-18-24-45-42(54)60-31-28-57-39(51)34(3)4/h1,3,5,7-32H2,2,4,6H3,(H,44,53)(H,45,54)(H,46,55). The summed E-state index contributed by atoms with van der Waals surface area (Å²) in [5.74, 6) is -2.04. The lowest BCUT2D eigenvalue weighted by Crippen LogP contribution is -2.37. The van der Waals surface area contributed by atoms with Crippen LogP contribution >= 0.6 is 0 Å². The summed E-state index contributed by atoms with van der Waals surface area (Å²) in [6, 6.07) is 0. The number of hydrogen-bond acceptors (Lipinski definition) is 14. The van der Waals surface area contributed by atoms with Crippen LogP contribution in [0.5, 0.6) is 0 Å². The van der Waals surface area contributed by atoms with Crippen molar-refractivity contribution in [1.29, 1.82) is 0 Å². The lowest BCUT2D eigenvalue weighted by atomic mass is 10.1. The highest BCUT2D eigenvalue weighted by atomic mass is 16.6. The molecule has 0 saturated carbocycles. The molecule has 0 aromatic rings. The van der Waals surface area contributed by atoms with Crippen molar-refractivity contribution in [2.24, 2.45) is 0 Å². The number of imide groups is 1. The number of hydrogen-bond donors (Lipinski definition) is 3. The number of unbranched alkanes of at least 4 members (excludes halogenated alkanes) is 11. The van der Waals surface area contributed by atoms with Gasteiger partial charge in [0.05, 0.1) is 0 Å². The van der Waals surface area contributed by atoms with E-state index in [4.69, 9.17) is 28.4 Å². The summed E-state index contributed by atoms with van der Waals surface area (Å²) in [6.45, 7) is 16.2. The molecule has 0 rings (SSSR count). The van der Waals surface area contributed by atoms with E-state index in [0.717, 1.165) is 64.2 Å². The quantitative estimate of drug-likeness (QED) is 0.0282. The summed E-state index contributed by atoms with van der Waals surface area (Å²) >= 11 is 0. The van der Waals surface area contributed by atoms with Crippen molar-refractivity contribution in [2.45, 2.75) is 124 Å². The van der Waals surface area contributed by atoms with Gasteiger partial charge in [-0.25, -0.2) is 28.8 Å². The van der Waals surface area contributed by atoms with Gasteiger partial charge in [-0.15, -0.1) is 0 Å². The molecule has 0 bridgehead atoms. The smallest absolute Gasteiger partial charge is 0.407 e. The van der Waals surface area contributed by atoms with Gasteiger partial charge < -0.3 is 44.4 Å². The fourth-order valence-corrected chi connectivity index (χ4v) is 5.17. The molecule has 0 aromatic carbocycles. The number of amides is 5. The van der Waals surface area contributed by atoms with E-state index >= 15 is 0 Å². The molecule has 0 spiro atoms. The molecule has 0 aliphatic carbocycles. The Morgan fingerprint density at radius 2 is 0.639 bits per heavy atom. The average molecular weight is 867 g/mol. The van der Waals surface area contributed by atoms with Crippen molar-refractivity contribution in [3.8, 4) is 0 Å². The molecule has 0 aliphatic rings. The summed E-state index contributed by atoms with van der Waals surface area (Å²) in [7, 11) is 0. The van der Waals surface area contributed by atoms with Gasteiger partial charge in [0.15, 0.2) is 0 Å². The fraction of sp³-hybridized carbons (Fsp3) is 0.674. The van der Waals surface area contributed by atoms with Gasteiger partial charge in [0.2, 0.25) is 11.8 Å². The van der Waals surface area contributed by atoms with Crippen molar-refractivity contribution in [3.63, 3.8) is 0 Å². The molecule has 0 saturated heterocycles. The first-order valence-electron chi connectivity index (χ1n) is 21.2. The third-order valence-electron chi connectivity index (χ3n) is 8.55. The Kier molecular flexibility index (Phi) is 33.2. The molecular weight excluding hydrogens is 796 g/mol. The minimum Gasteiger partial charge on any atom is -0.459 e. The van der Waals surface area contributed by atoms with E-state index in [0.29, 0.717) is 51.9 Å². The van der Waals surface area contributed by atoms with E-state index in [1.807, 2.05) is 0 Å². The van der Waals surface area contributed by atoms with Crippen LogP contribution < -0.4 is 16.0 Å². The van der Waals surface area contributed by atoms with Gasteiger partial charge in [-0.05, 0) is 59.3 Å². The van der Waals surface area contributed by atoms with Crippen molar-refractivity contribution in [2.75, 3.05) is 65.8 Å². The van der Waals surface area contributed by atoms with E-state index < -0.39 is 36.2 Å². The SMILES string of the molecule is C=C(C)C(=O)OCCOC(=O)NCCCCCCCC(=O)N(CCCCCCNC(=O)OCCOC(=O)C(=C)C)C(=O)CCCCCCCNC(=O)OCCOC(=O)C(=C)C. The number of esters is 3. The highest BCUT2D eigenvalue weighted by molar-refractivity contribution is 5.95. The number of carbonyl (C=O) groups excluding carboxylic acids is 8. The zero-order valence-corrected chi connectivity index (χ0v) is 36.7. The van der Waals surface area contributed by atoms with E-state index in [1.165, 1.54) is 25.7 Å². The molecule has 346 valence electrons. The highest BCUT2D eigenvalue weighted by Gasteiger charge is 2.20. The maximum Gasteiger partial charge on any atom is 0.407 e. The predicted molar refractivity (Wildman–Crippen MR) is 226 cm³/mol. The van der Waals surface area contributed by atoms with E-state index in [1.54, 1.807) is 0 Å². The second-order valence-electron chi connectivity index (χ2n) is 14.3. The van der Waals surface area contributed by atoms with Crippen molar-refractivity contribution >= 4 is 48.0 Å². The van der Waals surface area contributed by atoms with E-state index in [-0.39, 0.29) is 81.0 Å². The van der Waals surface area contributed by atoms with Crippen LogP contribution in [-0.4, -0.2) is 119 Å². The Hall–Kier alpha value is -5.42.